The van der Waals surface area contributed by atoms with Crippen molar-refractivity contribution in [2.24, 2.45) is 0 Å². The molecule has 5 nitrogen and oxygen atoms in total. The molecule has 1 rings (SSSR count). The summed E-state index contributed by atoms with van der Waals surface area (Å²) < 4.78 is 30.2. The molecule has 0 spiro atoms. The lowest BCUT2D eigenvalue weighted by Gasteiger charge is -2.05. The first-order valence-electron chi connectivity index (χ1n) is 3.85. The van der Waals surface area contributed by atoms with Gasteiger partial charge in [0, 0.05) is 6.92 Å². The van der Waals surface area contributed by atoms with Gasteiger partial charge in [-0.05, 0) is 18.2 Å². The van der Waals surface area contributed by atoms with E-state index in [0.29, 0.717) is 0 Å². The van der Waals surface area contributed by atoms with Gasteiger partial charge < -0.3 is 5.32 Å². The second kappa shape index (κ2) is 5.49. The van der Waals surface area contributed by atoms with Crippen molar-refractivity contribution in [3.05, 3.63) is 23.2 Å². The molecule has 0 radical (unpaired) electrons. The average Bonchev–Trinajstić information content (AvgIpc) is 2.05. The number of benzene rings is 1. The molecule has 0 aliphatic carbocycles. The molecule has 0 aromatic heterocycles. The van der Waals surface area contributed by atoms with Gasteiger partial charge in [-0.3, -0.25) is 9.35 Å². The largest absolute Gasteiger partial charge is 0.325 e. The van der Waals surface area contributed by atoms with Crippen LogP contribution in [-0.2, 0) is 14.9 Å². The molecule has 0 bridgehead atoms. The lowest BCUT2D eigenvalue weighted by atomic mass is 10.3. The highest BCUT2D eigenvalue weighted by Gasteiger charge is 2.12. The van der Waals surface area contributed by atoms with Crippen molar-refractivity contribution >= 4 is 45.7 Å². The fourth-order valence-corrected chi connectivity index (χ4v) is 1.75. The first-order valence-corrected chi connectivity index (χ1v) is 5.67. The molecule has 0 saturated heterocycles. The van der Waals surface area contributed by atoms with Crippen molar-refractivity contribution < 1.29 is 17.8 Å². The maximum Gasteiger partial charge on any atom is 0.294 e. The van der Waals surface area contributed by atoms with E-state index in [4.69, 9.17) is 16.2 Å². The Kier molecular flexibility index (Phi) is 5.21. The van der Waals surface area contributed by atoms with Crippen LogP contribution in [0.5, 0.6) is 0 Å². The van der Waals surface area contributed by atoms with E-state index in [1.165, 1.54) is 13.0 Å². The first-order chi connectivity index (χ1) is 6.80. The Bertz CT molecular complexity index is 501. The summed E-state index contributed by atoms with van der Waals surface area (Å²) in [5, 5.41) is 2.45. The summed E-state index contributed by atoms with van der Waals surface area (Å²) in [6, 6.07) is 3.50. The second-order valence-corrected chi connectivity index (χ2v) is 4.63. The molecular formula is C8H9Cl2NO4S. The number of hydrogen-bond donors (Lipinski definition) is 2. The molecule has 1 aromatic carbocycles. The quantitative estimate of drug-likeness (QED) is 0.814. The fourth-order valence-electron chi connectivity index (χ4n) is 0.947. The summed E-state index contributed by atoms with van der Waals surface area (Å²) >= 11 is 5.69. The summed E-state index contributed by atoms with van der Waals surface area (Å²) in [5.74, 6) is -0.323. The van der Waals surface area contributed by atoms with Gasteiger partial charge in [-0.15, -0.1) is 12.4 Å². The molecule has 0 aliphatic heterocycles. The number of amides is 1. The molecule has 0 unspecified atom stereocenters. The van der Waals surface area contributed by atoms with Crippen molar-refractivity contribution in [3.63, 3.8) is 0 Å². The SMILES string of the molecule is CC(=O)Nc1ccc(S(=O)(=O)O)cc1Cl.Cl. The minimum atomic E-state index is -4.27. The van der Waals surface area contributed by atoms with Crippen LogP contribution in [0.15, 0.2) is 23.1 Å². The highest BCUT2D eigenvalue weighted by Crippen LogP contribution is 2.24. The molecule has 90 valence electrons. The molecule has 0 aliphatic rings. The van der Waals surface area contributed by atoms with Gasteiger partial charge in [0.1, 0.15) is 0 Å². The third-order valence-electron chi connectivity index (χ3n) is 1.55. The normalized spacial score (nSPS) is 10.4. The van der Waals surface area contributed by atoms with Crippen molar-refractivity contribution in [1.82, 2.24) is 0 Å². The van der Waals surface area contributed by atoms with Crippen LogP contribution in [0.1, 0.15) is 6.92 Å². The summed E-state index contributed by atoms with van der Waals surface area (Å²) in [4.78, 5) is 10.4. The molecule has 0 fully saturated rings. The fraction of sp³-hybridized carbons (Fsp3) is 0.125. The van der Waals surface area contributed by atoms with E-state index in [-0.39, 0.29) is 33.9 Å². The predicted molar refractivity (Wildman–Crippen MR) is 62.8 cm³/mol. The van der Waals surface area contributed by atoms with Gasteiger partial charge in [0.2, 0.25) is 5.91 Å². The summed E-state index contributed by atoms with van der Waals surface area (Å²) in [6.07, 6.45) is 0. The molecule has 0 heterocycles. The summed E-state index contributed by atoms with van der Waals surface area (Å²) in [6.45, 7) is 1.30. The second-order valence-electron chi connectivity index (χ2n) is 2.80. The standard InChI is InChI=1S/C8H8ClNO4S.ClH/c1-5(11)10-8-3-2-6(4-7(8)9)15(12,13)14;/h2-4H,1H3,(H,10,11)(H,12,13,14);1H. The molecule has 2 N–H and O–H groups in total. The van der Waals surface area contributed by atoms with Crippen LogP contribution in [0.3, 0.4) is 0 Å². The van der Waals surface area contributed by atoms with Crippen molar-refractivity contribution in [3.8, 4) is 0 Å². The van der Waals surface area contributed by atoms with Crippen LogP contribution in [0.4, 0.5) is 5.69 Å². The molecular weight excluding hydrogens is 277 g/mol. The van der Waals surface area contributed by atoms with Crippen LogP contribution < -0.4 is 5.32 Å². The Hall–Kier alpha value is -0.820. The predicted octanol–water partition coefficient (Wildman–Crippen LogP) is 1.97. The number of nitrogens with one attached hydrogen (secondary N) is 1. The van der Waals surface area contributed by atoms with E-state index in [0.717, 1.165) is 12.1 Å². The van der Waals surface area contributed by atoms with Crippen LogP contribution in [-0.4, -0.2) is 18.9 Å². The molecule has 1 aromatic rings. The molecule has 0 atom stereocenters. The van der Waals surface area contributed by atoms with Crippen LogP contribution in [0.25, 0.3) is 0 Å². The highest BCUT2D eigenvalue weighted by atomic mass is 35.5. The highest BCUT2D eigenvalue weighted by molar-refractivity contribution is 7.85. The smallest absolute Gasteiger partial charge is 0.294 e. The van der Waals surface area contributed by atoms with Gasteiger partial charge in [0.15, 0.2) is 0 Å². The van der Waals surface area contributed by atoms with Gasteiger partial charge in [0.25, 0.3) is 10.1 Å². The van der Waals surface area contributed by atoms with Crippen molar-refractivity contribution in [2.75, 3.05) is 5.32 Å². The first kappa shape index (κ1) is 15.2. The van der Waals surface area contributed by atoms with Crippen LogP contribution in [0.2, 0.25) is 5.02 Å². The molecule has 1 amide bonds. The number of anilines is 1. The van der Waals surface area contributed by atoms with Gasteiger partial charge in [-0.1, -0.05) is 11.6 Å². The Morgan fingerprint density at radius 3 is 2.38 bits per heavy atom. The number of carbonyl (C=O) groups excluding carboxylic acids is 1. The lowest BCUT2D eigenvalue weighted by molar-refractivity contribution is -0.114. The van der Waals surface area contributed by atoms with E-state index in [1.54, 1.807) is 0 Å². The number of hydrogen-bond acceptors (Lipinski definition) is 3. The van der Waals surface area contributed by atoms with E-state index in [1.807, 2.05) is 0 Å². The topological polar surface area (TPSA) is 83.5 Å². The average molecular weight is 286 g/mol. The summed E-state index contributed by atoms with van der Waals surface area (Å²) in [5.41, 5.74) is 0.288. The minimum Gasteiger partial charge on any atom is -0.325 e. The zero-order valence-corrected chi connectivity index (χ0v) is 10.5. The summed E-state index contributed by atoms with van der Waals surface area (Å²) in [7, 11) is -4.27. The molecule has 0 saturated carbocycles. The van der Waals surface area contributed by atoms with Crippen molar-refractivity contribution in [2.45, 2.75) is 11.8 Å². The van der Waals surface area contributed by atoms with Crippen molar-refractivity contribution in [1.29, 1.82) is 0 Å². The zero-order valence-electron chi connectivity index (χ0n) is 8.10. The molecule has 16 heavy (non-hydrogen) atoms. The Morgan fingerprint density at radius 1 is 1.44 bits per heavy atom. The van der Waals surface area contributed by atoms with Gasteiger partial charge >= 0.3 is 0 Å². The van der Waals surface area contributed by atoms with Gasteiger partial charge in [-0.25, -0.2) is 0 Å². The lowest BCUT2D eigenvalue weighted by Crippen LogP contribution is -2.07. The van der Waals surface area contributed by atoms with E-state index in [2.05, 4.69) is 5.32 Å². The Balaban J connectivity index is 0.00000225. The van der Waals surface area contributed by atoms with E-state index >= 15 is 0 Å². The third kappa shape index (κ3) is 3.97. The minimum absolute atomic E-state index is 0. The van der Waals surface area contributed by atoms with Crippen LogP contribution in [0, 0.1) is 0 Å². The Morgan fingerprint density at radius 2 is 2.00 bits per heavy atom. The number of rotatable bonds is 2. The number of carbonyl (C=O) groups is 1. The van der Waals surface area contributed by atoms with Crippen LogP contribution >= 0.6 is 24.0 Å². The maximum atomic E-state index is 10.7. The monoisotopic (exact) mass is 285 g/mol. The van der Waals surface area contributed by atoms with E-state index < -0.39 is 10.1 Å². The Labute approximate surface area is 104 Å². The van der Waals surface area contributed by atoms with Gasteiger partial charge in [0.05, 0.1) is 15.6 Å². The molecule has 8 heteroatoms. The van der Waals surface area contributed by atoms with E-state index in [9.17, 15) is 13.2 Å². The van der Waals surface area contributed by atoms with Gasteiger partial charge in [-0.2, -0.15) is 8.42 Å². The number of halogens is 2. The maximum absolute atomic E-state index is 10.7. The zero-order chi connectivity index (χ0) is 11.6. The third-order valence-corrected chi connectivity index (χ3v) is 2.71.